The smallest absolute Gasteiger partial charge is 0.267 e. The van der Waals surface area contributed by atoms with Gasteiger partial charge in [0.2, 0.25) is 0 Å². The minimum absolute atomic E-state index is 0.167. The zero-order valence-electron chi connectivity index (χ0n) is 4.21. The Bertz CT molecular complexity index is 272. The molecule has 0 atom stereocenters. The molecule has 1 aromatic rings. The Morgan fingerprint density at radius 3 is 2.78 bits per heavy atom. The number of nitrogens with zero attached hydrogens (tertiary/aromatic N) is 2. The summed E-state index contributed by atoms with van der Waals surface area (Å²) < 4.78 is 1.15. The SMILES string of the molecule is O=c1ccc(Cl)nn1I. The Balaban J connectivity index is 3.34. The molecule has 5 heteroatoms. The number of rotatable bonds is 0. The molecule has 1 aromatic heterocycles. The molecular formula is C4H2ClIN2O. The minimum atomic E-state index is -0.167. The first-order valence-corrected chi connectivity index (χ1v) is 3.46. The van der Waals surface area contributed by atoms with Gasteiger partial charge in [0.15, 0.2) is 5.15 Å². The molecule has 48 valence electrons. The molecule has 1 rings (SSSR count). The van der Waals surface area contributed by atoms with Crippen molar-refractivity contribution in [2.45, 2.75) is 0 Å². The second kappa shape index (κ2) is 2.66. The predicted octanol–water partition coefficient (Wildman–Crippen LogP) is 1.09. The van der Waals surface area contributed by atoms with Crippen LogP contribution < -0.4 is 5.56 Å². The topological polar surface area (TPSA) is 34.9 Å². The van der Waals surface area contributed by atoms with Gasteiger partial charge < -0.3 is 0 Å². The Morgan fingerprint density at radius 2 is 2.33 bits per heavy atom. The molecule has 0 aromatic carbocycles. The van der Waals surface area contributed by atoms with Crippen molar-refractivity contribution in [2.75, 3.05) is 0 Å². The van der Waals surface area contributed by atoms with Gasteiger partial charge in [0, 0.05) is 6.07 Å². The van der Waals surface area contributed by atoms with E-state index in [1.54, 1.807) is 22.9 Å². The van der Waals surface area contributed by atoms with Crippen LogP contribution in [0.3, 0.4) is 0 Å². The lowest BCUT2D eigenvalue weighted by molar-refractivity contribution is 0.958. The lowest BCUT2D eigenvalue weighted by Gasteiger charge is -1.89. The molecule has 0 bridgehead atoms. The van der Waals surface area contributed by atoms with Crippen LogP contribution in [0.4, 0.5) is 0 Å². The maximum absolute atomic E-state index is 10.6. The highest BCUT2D eigenvalue weighted by Crippen LogP contribution is 1.98. The fourth-order valence-electron chi connectivity index (χ4n) is 0.368. The minimum Gasteiger partial charge on any atom is -0.267 e. The van der Waals surface area contributed by atoms with Crippen LogP contribution in [0.5, 0.6) is 0 Å². The van der Waals surface area contributed by atoms with Crippen molar-refractivity contribution in [1.29, 1.82) is 0 Å². The third-order valence-corrected chi connectivity index (χ3v) is 1.62. The van der Waals surface area contributed by atoms with Gasteiger partial charge in [0.05, 0.1) is 22.9 Å². The molecule has 0 unspecified atom stereocenters. The summed E-state index contributed by atoms with van der Waals surface area (Å²) in [6, 6.07) is 2.82. The van der Waals surface area contributed by atoms with Crippen molar-refractivity contribution >= 4 is 34.5 Å². The fraction of sp³-hybridized carbons (Fsp3) is 0. The standard InChI is InChI=1S/C4H2ClIN2O/c5-3-1-2-4(9)8(6)7-3/h1-2H. The first-order valence-electron chi connectivity index (χ1n) is 2.12. The lowest BCUT2D eigenvalue weighted by Crippen LogP contribution is -2.12. The molecule has 3 nitrogen and oxygen atoms in total. The van der Waals surface area contributed by atoms with Gasteiger partial charge in [-0.05, 0) is 6.07 Å². The van der Waals surface area contributed by atoms with Crippen LogP contribution in [0, 0.1) is 0 Å². The fourth-order valence-corrected chi connectivity index (χ4v) is 1.03. The predicted molar refractivity (Wildman–Crippen MR) is 42.9 cm³/mol. The molecule has 0 aliphatic rings. The van der Waals surface area contributed by atoms with Gasteiger partial charge in [-0.3, -0.25) is 4.79 Å². The van der Waals surface area contributed by atoms with Crippen LogP contribution >= 0.6 is 34.5 Å². The average Bonchev–Trinajstić information content (AvgIpc) is 1.80. The van der Waals surface area contributed by atoms with E-state index in [1.165, 1.54) is 12.1 Å². The Morgan fingerprint density at radius 1 is 1.67 bits per heavy atom. The van der Waals surface area contributed by atoms with E-state index in [1.807, 2.05) is 0 Å². The van der Waals surface area contributed by atoms with Crippen LogP contribution in [-0.2, 0) is 0 Å². The molecule has 0 aliphatic carbocycles. The monoisotopic (exact) mass is 256 g/mol. The molecule has 0 radical (unpaired) electrons. The molecule has 0 saturated carbocycles. The van der Waals surface area contributed by atoms with Crippen molar-refractivity contribution in [3.05, 3.63) is 27.6 Å². The molecule has 0 saturated heterocycles. The second-order valence-electron chi connectivity index (χ2n) is 1.35. The second-order valence-corrected chi connectivity index (χ2v) is 2.66. The normalized spacial score (nSPS) is 9.56. The van der Waals surface area contributed by atoms with Crippen molar-refractivity contribution in [3.63, 3.8) is 0 Å². The van der Waals surface area contributed by atoms with Crippen LogP contribution in [0.1, 0.15) is 0 Å². The first-order chi connectivity index (χ1) is 4.20. The van der Waals surface area contributed by atoms with Gasteiger partial charge >= 0.3 is 0 Å². The highest BCUT2D eigenvalue weighted by atomic mass is 127. The Hall–Kier alpha value is -0.100. The van der Waals surface area contributed by atoms with E-state index in [4.69, 9.17) is 11.6 Å². The van der Waals surface area contributed by atoms with Gasteiger partial charge in [-0.2, -0.15) is 2.90 Å². The van der Waals surface area contributed by atoms with Gasteiger partial charge in [0.25, 0.3) is 5.56 Å². The van der Waals surface area contributed by atoms with Gasteiger partial charge in [-0.25, -0.2) is 0 Å². The summed E-state index contributed by atoms with van der Waals surface area (Å²) in [4.78, 5) is 10.6. The van der Waals surface area contributed by atoms with Crippen LogP contribution in [-0.4, -0.2) is 7.99 Å². The van der Waals surface area contributed by atoms with Crippen molar-refractivity contribution in [2.24, 2.45) is 0 Å². The zero-order valence-corrected chi connectivity index (χ0v) is 7.13. The summed E-state index contributed by atoms with van der Waals surface area (Å²) in [6.07, 6.45) is 0. The van der Waals surface area contributed by atoms with Crippen LogP contribution in [0.15, 0.2) is 16.9 Å². The third kappa shape index (κ3) is 1.65. The number of aromatic nitrogens is 2. The number of hydrogen-bond acceptors (Lipinski definition) is 2. The summed E-state index contributed by atoms with van der Waals surface area (Å²) in [7, 11) is 0. The summed E-state index contributed by atoms with van der Waals surface area (Å²) in [5, 5.41) is 3.95. The zero-order chi connectivity index (χ0) is 6.85. The molecule has 1 heterocycles. The van der Waals surface area contributed by atoms with Gasteiger partial charge in [0.1, 0.15) is 0 Å². The first kappa shape index (κ1) is 7.01. The Labute approximate surface area is 70.1 Å². The summed E-state index contributed by atoms with van der Waals surface area (Å²) in [6.45, 7) is 0. The van der Waals surface area contributed by atoms with E-state index >= 15 is 0 Å². The summed E-state index contributed by atoms with van der Waals surface area (Å²) in [5.41, 5.74) is -0.167. The highest BCUT2D eigenvalue weighted by Gasteiger charge is 1.91. The molecule has 0 fully saturated rings. The van der Waals surface area contributed by atoms with E-state index in [9.17, 15) is 4.79 Å². The summed E-state index contributed by atoms with van der Waals surface area (Å²) >= 11 is 7.20. The Kier molecular flexibility index (Phi) is 2.07. The summed E-state index contributed by atoms with van der Waals surface area (Å²) in [5.74, 6) is 0. The molecule has 0 spiro atoms. The molecule has 9 heavy (non-hydrogen) atoms. The van der Waals surface area contributed by atoms with E-state index in [2.05, 4.69) is 5.10 Å². The third-order valence-electron chi connectivity index (χ3n) is 0.729. The molecule has 0 amide bonds. The lowest BCUT2D eigenvalue weighted by atomic mass is 10.6. The van der Waals surface area contributed by atoms with Gasteiger partial charge in [-0.15, -0.1) is 5.10 Å². The van der Waals surface area contributed by atoms with Crippen molar-refractivity contribution in [3.8, 4) is 0 Å². The highest BCUT2D eigenvalue weighted by molar-refractivity contribution is 14.1. The largest absolute Gasteiger partial charge is 0.276 e. The van der Waals surface area contributed by atoms with Gasteiger partial charge in [-0.1, -0.05) is 11.6 Å². The van der Waals surface area contributed by atoms with E-state index in [0.717, 1.165) is 2.90 Å². The number of halogens is 2. The molecule has 0 N–H and O–H groups in total. The van der Waals surface area contributed by atoms with E-state index in [-0.39, 0.29) is 5.56 Å². The van der Waals surface area contributed by atoms with Crippen molar-refractivity contribution in [1.82, 2.24) is 7.99 Å². The van der Waals surface area contributed by atoms with E-state index < -0.39 is 0 Å². The molecule has 0 aliphatic heterocycles. The van der Waals surface area contributed by atoms with E-state index in [0.29, 0.717) is 5.15 Å². The quantitative estimate of drug-likeness (QED) is 0.652. The number of hydrogen-bond donors (Lipinski definition) is 0. The average molecular weight is 256 g/mol. The van der Waals surface area contributed by atoms with Crippen LogP contribution in [0.2, 0.25) is 5.15 Å². The van der Waals surface area contributed by atoms with Crippen LogP contribution in [0.25, 0.3) is 0 Å². The maximum Gasteiger partial charge on any atom is 0.276 e. The maximum atomic E-state index is 10.6. The molecular weight excluding hydrogens is 254 g/mol. The van der Waals surface area contributed by atoms with Crippen molar-refractivity contribution < 1.29 is 0 Å².